The fourth-order valence-corrected chi connectivity index (χ4v) is 4.70. The van der Waals surface area contributed by atoms with E-state index < -0.39 is 25.9 Å². The van der Waals surface area contributed by atoms with Crippen LogP contribution in [0.5, 0.6) is 0 Å². The largest absolute Gasteiger partial charge is 0.283 e. The molecule has 0 bridgehead atoms. The lowest BCUT2D eigenvalue weighted by Gasteiger charge is -2.10. The Bertz CT molecular complexity index is 1150. The summed E-state index contributed by atoms with van der Waals surface area (Å²) >= 11 is 0. The molecule has 0 aliphatic carbocycles. The van der Waals surface area contributed by atoms with Crippen molar-refractivity contribution in [1.82, 2.24) is 0 Å². The zero-order chi connectivity index (χ0) is 20.2. The van der Waals surface area contributed by atoms with E-state index in [9.17, 15) is 21.2 Å². The molecular formula is C19H17FN2O4S2. The van der Waals surface area contributed by atoms with Crippen molar-refractivity contribution < 1.29 is 21.2 Å². The van der Waals surface area contributed by atoms with Gasteiger partial charge in [-0.2, -0.15) is 0 Å². The van der Waals surface area contributed by atoms with Gasteiger partial charge in [-0.25, -0.2) is 21.2 Å². The summed E-state index contributed by atoms with van der Waals surface area (Å²) in [6.45, 7) is 0. The molecule has 0 aliphatic heterocycles. The van der Waals surface area contributed by atoms with Crippen molar-refractivity contribution in [2.24, 2.45) is 0 Å². The van der Waals surface area contributed by atoms with Crippen molar-refractivity contribution >= 4 is 31.4 Å². The maximum atomic E-state index is 12.9. The van der Waals surface area contributed by atoms with Gasteiger partial charge in [0.15, 0.2) is 0 Å². The molecule has 9 heteroatoms. The smallest absolute Gasteiger partial charge is 0.261 e. The van der Waals surface area contributed by atoms with E-state index in [4.69, 9.17) is 0 Å². The molecule has 0 saturated carbocycles. The Balaban J connectivity index is 1.71. The van der Waals surface area contributed by atoms with Crippen LogP contribution in [0.15, 0.2) is 83.8 Å². The third-order valence-electron chi connectivity index (χ3n) is 3.73. The zero-order valence-electron chi connectivity index (χ0n) is 14.5. The van der Waals surface area contributed by atoms with E-state index in [1.54, 1.807) is 30.3 Å². The lowest BCUT2D eigenvalue weighted by molar-refractivity contribution is 0.599. The van der Waals surface area contributed by atoms with Crippen LogP contribution in [0.1, 0.15) is 5.56 Å². The first-order valence-electron chi connectivity index (χ1n) is 8.16. The van der Waals surface area contributed by atoms with Crippen LogP contribution in [0.3, 0.4) is 0 Å². The summed E-state index contributed by atoms with van der Waals surface area (Å²) in [6.07, 6.45) is 0. The van der Waals surface area contributed by atoms with E-state index in [1.165, 1.54) is 36.4 Å². The SMILES string of the molecule is O=S(=O)(Cc1ccccc1)Nc1ccc(S(=O)(=O)Nc2ccc(F)cc2)cc1. The van der Waals surface area contributed by atoms with Gasteiger partial charge >= 0.3 is 0 Å². The minimum absolute atomic E-state index is 0.0529. The highest BCUT2D eigenvalue weighted by Gasteiger charge is 2.16. The molecule has 0 unspecified atom stereocenters. The van der Waals surface area contributed by atoms with Crippen LogP contribution in [0.2, 0.25) is 0 Å². The molecule has 0 aliphatic rings. The van der Waals surface area contributed by atoms with E-state index in [-0.39, 0.29) is 22.0 Å². The van der Waals surface area contributed by atoms with E-state index in [0.717, 1.165) is 12.1 Å². The molecule has 0 heterocycles. The molecule has 0 atom stereocenters. The van der Waals surface area contributed by atoms with Crippen molar-refractivity contribution in [1.29, 1.82) is 0 Å². The number of rotatable bonds is 7. The summed E-state index contributed by atoms with van der Waals surface area (Å²) in [5, 5.41) is 0. The molecule has 2 N–H and O–H groups in total. The fraction of sp³-hybridized carbons (Fsp3) is 0.0526. The molecule has 0 saturated heterocycles. The Morgan fingerprint density at radius 3 is 1.82 bits per heavy atom. The quantitative estimate of drug-likeness (QED) is 0.611. The summed E-state index contributed by atoms with van der Waals surface area (Å²) in [5.74, 6) is -0.671. The highest BCUT2D eigenvalue weighted by Crippen LogP contribution is 2.20. The third-order valence-corrected chi connectivity index (χ3v) is 6.39. The second kappa shape index (κ2) is 7.99. The summed E-state index contributed by atoms with van der Waals surface area (Å²) in [5.41, 5.74) is 1.10. The lowest BCUT2D eigenvalue weighted by atomic mass is 10.2. The first kappa shape index (κ1) is 19.8. The predicted molar refractivity (Wildman–Crippen MR) is 106 cm³/mol. The van der Waals surface area contributed by atoms with Gasteiger partial charge in [0, 0.05) is 11.4 Å². The van der Waals surface area contributed by atoms with Gasteiger partial charge in [0.25, 0.3) is 10.0 Å². The second-order valence-electron chi connectivity index (χ2n) is 5.98. The van der Waals surface area contributed by atoms with Gasteiger partial charge < -0.3 is 0 Å². The van der Waals surface area contributed by atoms with Gasteiger partial charge in [-0.15, -0.1) is 0 Å². The number of sulfonamides is 2. The number of anilines is 2. The van der Waals surface area contributed by atoms with Crippen LogP contribution in [-0.4, -0.2) is 16.8 Å². The average molecular weight is 420 g/mol. The summed E-state index contributed by atoms with van der Waals surface area (Å²) in [7, 11) is -7.52. The maximum Gasteiger partial charge on any atom is 0.261 e. The minimum Gasteiger partial charge on any atom is -0.283 e. The predicted octanol–water partition coefficient (Wildman–Crippen LogP) is 3.57. The van der Waals surface area contributed by atoms with Crippen LogP contribution in [0, 0.1) is 5.82 Å². The molecule has 146 valence electrons. The van der Waals surface area contributed by atoms with Crippen molar-refractivity contribution in [2.45, 2.75) is 10.6 Å². The molecule has 0 amide bonds. The van der Waals surface area contributed by atoms with Crippen LogP contribution >= 0.6 is 0 Å². The van der Waals surface area contributed by atoms with Gasteiger partial charge in [0.2, 0.25) is 10.0 Å². The van der Waals surface area contributed by atoms with E-state index >= 15 is 0 Å². The van der Waals surface area contributed by atoms with Crippen molar-refractivity contribution in [3.63, 3.8) is 0 Å². The molecular weight excluding hydrogens is 403 g/mol. The first-order chi connectivity index (χ1) is 13.2. The van der Waals surface area contributed by atoms with Crippen LogP contribution in [0.25, 0.3) is 0 Å². The Labute approximate surface area is 163 Å². The number of benzene rings is 3. The molecule has 0 radical (unpaired) electrons. The standard InChI is InChI=1S/C19H17FN2O4S2/c20-16-6-8-18(9-7-16)22-28(25,26)19-12-10-17(11-13-19)21-27(23,24)14-15-4-2-1-3-5-15/h1-13,21-22H,14H2. The topological polar surface area (TPSA) is 92.3 Å². The van der Waals surface area contributed by atoms with Gasteiger partial charge in [-0.3, -0.25) is 9.44 Å². The first-order valence-corrected chi connectivity index (χ1v) is 11.3. The molecule has 6 nitrogen and oxygen atoms in total. The van der Waals surface area contributed by atoms with Gasteiger partial charge in [0.05, 0.1) is 10.6 Å². The Morgan fingerprint density at radius 1 is 0.679 bits per heavy atom. The molecule has 0 spiro atoms. The molecule has 28 heavy (non-hydrogen) atoms. The number of halogens is 1. The van der Waals surface area contributed by atoms with E-state index in [1.807, 2.05) is 0 Å². The monoisotopic (exact) mass is 420 g/mol. The fourth-order valence-electron chi connectivity index (χ4n) is 2.44. The number of nitrogens with one attached hydrogen (secondary N) is 2. The normalized spacial score (nSPS) is 11.8. The molecule has 3 rings (SSSR count). The molecule has 0 aromatic heterocycles. The van der Waals surface area contributed by atoms with Crippen LogP contribution < -0.4 is 9.44 Å². The van der Waals surface area contributed by atoms with E-state index in [2.05, 4.69) is 9.44 Å². The molecule has 0 fully saturated rings. The highest BCUT2D eigenvalue weighted by molar-refractivity contribution is 7.92. The summed E-state index contributed by atoms with van der Waals surface area (Å²) in [4.78, 5) is -0.0529. The third kappa shape index (κ3) is 5.30. The average Bonchev–Trinajstić information content (AvgIpc) is 2.64. The van der Waals surface area contributed by atoms with Gasteiger partial charge in [-0.05, 0) is 54.1 Å². The van der Waals surface area contributed by atoms with Crippen molar-refractivity contribution in [3.05, 3.63) is 90.2 Å². The zero-order valence-corrected chi connectivity index (χ0v) is 16.2. The van der Waals surface area contributed by atoms with Gasteiger partial charge in [0.1, 0.15) is 5.82 Å². The number of hydrogen-bond acceptors (Lipinski definition) is 4. The molecule has 3 aromatic rings. The van der Waals surface area contributed by atoms with Crippen molar-refractivity contribution in [3.8, 4) is 0 Å². The summed E-state index contributed by atoms with van der Waals surface area (Å²) in [6, 6.07) is 18.9. The highest BCUT2D eigenvalue weighted by atomic mass is 32.2. The second-order valence-corrected chi connectivity index (χ2v) is 9.39. The Morgan fingerprint density at radius 2 is 1.21 bits per heavy atom. The Hall–Kier alpha value is -2.91. The maximum absolute atomic E-state index is 12.9. The Kier molecular flexibility index (Phi) is 5.66. The lowest BCUT2D eigenvalue weighted by Crippen LogP contribution is -2.16. The summed E-state index contributed by atoms with van der Waals surface area (Å²) < 4.78 is 66.9. The number of hydrogen-bond donors (Lipinski definition) is 2. The van der Waals surface area contributed by atoms with Crippen LogP contribution in [0.4, 0.5) is 15.8 Å². The minimum atomic E-state index is -3.88. The van der Waals surface area contributed by atoms with Crippen LogP contribution in [-0.2, 0) is 25.8 Å². The van der Waals surface area contributed by atoms with E-state index in [0.29, 0.717) is 5.56 Å². The van der Waals surface area contributed by atoms with Gasteiger partial charge in [-0.1, -0.05) is 30.3 Å². The van der Waals surface area contributed by atoms with Crippen molar-refractivity contribution in [2.75, 3.05) is 9.44 Å². The molecule has 3 aromatic carbocycles.